The minimum atomic E-state index is -2.21. The van der Waals surface area contributed by atoms with E-state index in [0.717, 1.165) is 11.4 Å². The summed E-state index contributed by atoms with van der Waals surface area (Å²) in [5, 5.41) is 0. The second kappa shape index (κ2) is 5.94. The average molecular weight is 299 g/mol. The van der Waals surface area contributed by atoms with Gasteiger partial charge in [-0.1, -0.05) is 30.3 Å². The summed E-state index contributed by atoms with van der Waals surface area (Å²) < 4.78 is 23.3. The number of rotatable bonds is 4. The number of imidazole rings is 1. The number of aromatic nitrogens is 4. The van der Waals surface area contributed by atoms with Crippen LogP contribution in [0.2, 0.25) is 0 Å². The minimum Gasteiger partial charge on any atom is -0.772 e. The van der Waals surface area contributed by atoms with Crippen molar-refractivity contribution < 1.29 is 8.76 Å². The third-order valence-corrected chi connectivity index (χ3v) is 3.35. The molecule has 1 atom stereocenters. The Balaban J connectivity index is 2.02. The van der Waals surface area contributed by atoms with Crippen molar-refractivity contribution in [3.8, 4) is 17.2 Å². The van der Waals surface area contributed by atoms with Gasteiger partial charge in [-0.05, 0) is 17.1 Å². The van der Waals surface area contributed by atoms with E-state index in [0.29, 0.717) is 5.82 Å². The predicted molar refractivity (Wildman–Crippen MR) is 77.2 cm³/mol. The molecule has 0 saturated carbocycles. The number of benzene rings is 1. The number of hydrogen-bond donors (Lipinski definition) is 0. The molecule has 0 fully saturated rings. The molecule has 0 saturated heterocycles. The van der Waals surface area contributed by atoms with Gasteiger partial charge in [0.2, 0.25) is 0 Å². The van der Waals surface area contributed by atoms with Crippen LogP contribution >= 0.6 is 0 Å². The third kappa shape index (κ3) is 3.04. The van der Waals surface area contributed by atoms with Gasteiger partial charge >= 0.3 is 0 Å². The van der Waals surface area contributed by atoms with Crippen LogP contribution in [-0.4, -0.2) is 28.3 Å². The summed E-state index contributed by atoms with van der Waals surface area (Å²) in [6.07, 6.45) is 5.00. The summed E-state index contributed by atoms with van der Waals surface area (Å²) in [6, 6.07) is 11.4. The Labute approximate surface area is 123 Å². The maximum atomic E-state index is 10.8. The van der Waals surface area contributed by atoms with Gasteiger partial charge in [-0.2, -0.15) is 0 Å². The van der Waals surface area contributed by atoms with Gasteiger partial charge in [-0.25, -0.2) is 15.0 Å². The Hall–Kier alpha value is -2.38. The minimum absolute atomic E-state index is 0.205. The fourth-order valence-corrected chi connectivity index (χ4v) is 2.34. The molecule has 0 aliphatic heterocycles. The normalized spacial score (nSPS) is 12.2. The molecule has 0 amide bonds. The molecular weight excluding hydrogens is 288 g/mol. The van der Waals surface area contributed by atoms with Crippen molar-refractivity contribution >= 4 is 11.1 Å². The zero-order chi connectivity index (χ0) is 14.7. The van der Waals surface area contributed by atoms with Gasteiger partial charge in [0, 0.05) is 24.2 Å². The molecule has 106 valence electrons. The van der Waals surface area contributed by atoms with E-state index < -0.39 is 11.1 Å². The smallest absolute Gasteiger partial charge is 0.145 e. The first-order valence-corrected chi connectivity index (χ1v) is 7.45. The van der Waals surface area contributed by atoms with Gasteiger partial charge in [0.05, 0.1) is 5.75 Å². The highest BCUT2D eigenvalue weighted by molar-refractivity contribution is 7.78. The first-order valence-electron chi connectivity index (χ1n) is 6.21. The molecule has 0 aliphatic carbocycles. The predicted octanol–water partition coefficient (Wildman–Crippen LogP) is 1.71. The lowest BCUT2D eigenvalue weighted by Crippen LogP contribution is -2.05. The van der Waals surface area contributed by atoms with Crippen molar-refractivity contribution in [3.05, 3.63) is 60.8 Å². The topological polar surface area (TPSA) is 83.7 Å². The van der Waals surface area contributed by atoms with Crippen LogP contribution in [0, 0.1) is 0 Å². The highest BCUT2D eigenvalue weighted by Crippen LogP contribution is 2.19. The standard InChI is InChI=1S/C14H12N4O2S/c19-21(20)10-12-15-7-6-13(17-12)18-9-8-16-14(18)11-4-2-1-3-5-11/h1-9H,10H2,(H,19,20)/p-1. The van der Waals surface area contributed by atoms with Crippen LogP contribution in [0.4, 0.5) is 0 Å². The molecule has 7 heteroatoms. The van der Waals surface area contributed by atoms with E-state index in [4.69, 9.17) is 0 Å². The van der Waals surface area contributed by atoms with Crippen molar-refractivity contribution in [1.29, 1.82) is 0 Å². The summed E-state index contributed by atoms with van der Waals surface area (Å²) >= 11 is -2.21. The van der Waals surface area contributed by atoms with Crippen molar-refractivity contribution in [2.45, 2.75) is 5.75 Å². The van der Waals surface area contributed by atoms with E-state index >= 15 is 0 Å². The van der Waals surface area contributed by atoms with Crippen LogP contribution in [0.5, 0.6) is 0 Å². The fourth-order valence-electron chi connectivity index (χ4n) is 1.99. The fraction of sp³-hybridized carbons (Fsp3) is 0.0714. The van der Waals surface area contributed by atoms with Crippen molar-refractivity contribution in [2.75, 3.05) is 0 Å². The molecular formula is C14H11N4O2S-. The molecule has 0 bridgehead atoms. The first-order chi connectivity index (χ1) is 10.2. The number of hydrogen-bond acceptors (Lipinski definition) is 5. The van der Waals surface area contributed by atoms with Gasteiger partial charge in [-0.3, -0.25) is 8.78 Å². The molecule has 0 radical (unpaired) electrons. The molecule has 1 unspecified atom stereocenters. The second-order valence-electron chi connectivity index (χ2n) is 4.27. The summed E-state index contributed by atoms with van der Waals surface area (Å²) in [4.78, 5) is 12.5. The molecule has 0 N–H and O–H groups in total. The molecule has 3 rings (SSSR count). The van der Waals surface area contributed by atoms with Gasteiger partial charge < -0.3 is 4.55 Å². The van der Waals surface area contributed by atoms with Crippen LogP contribution in [0.3, 0.4) is 0 Å². The largest absolute Gasteiger partial charge is 0.772 e. The molecule has 6 nitrogen and oxygen atoms in total. The van der Waals surface area contributed by atoms with E-state index in [1.165, 1.54) is 0 Å². The van der Waals surface area contributed by atoms with E-state index in [1.54, 1.807) is 29.2 Å². The maximum absolute atomic E-state index is 10.8. The Morgan fingerprint density at radius 2 is 1.90 bits per heavy atom. The van der Waals surface area contributed by atoms with E-state index in [1.807, 2.05) is 30.3 Å². The molecule has 21 heavy (non-hydrogen) atoms. The summed E-state index contributed by atoms with van der Waals surface area (Å²) in [6.45, 7) is 0. The average Bonchev–Trinajstić information content (AvgIpc) is 2.97. The van der Waals surface area contributed by atoms with Gasteiger partial charge in [0.1, 0.15) is 17.5 Å². The van der Waals surface area contributed by atoms with E-state index in [2.05, 4.69) is 15.0 Å². The van der Waals surface area contributed by atoms with E-state index in [-0.39, 0.29) is 11.6 Å². The lowest BCUT2D eigenvalue weighted by Gasteiger charge is -2.09. The van der Waals surface area contributed by atoms with E-state index in [9.17, 15) is 8.76 Å². The van der Waals surface area contributed by atoms with Gasteiger partial charge in [0.25, 0.3) is 0 Å². The molecule has 0 spiro atoms. The summed E-state index contributed by atoms with van der Waals surface area (Å²) in [5.74, 6) is 1.38. The number of nitrogens with zero attached hydrogens (tertiary/aromatic N) is 4. The van der Waals surface area contributed by atoms with Crippen molar-refractivity contribution in [1.82, 2.24) is 19.5 Å². The molecule has 0 aliphatic rings. The molecule has 2 heterocycles. The second-order valence-corrected chi connectivity index (χ2v) is 5.16. The SMILES string of the molecule is O=S([O-])Cc1nccc(-n2ccnc2-c2ccccc2)n1. The third-order valence-electron chi connectivity index (χ3n) is 2.86. The van der Waals surface area contributed by atoms with Gasteiger partial charge in [-0.15, -0.1) is 0 Å². The lowest BCUT2D eigenvalue weighted by molar-refractivity contribution is 0.535. The maximum Gasteiger partial charge on any atom is 0.145 e. The Bertz CT molecular complexity index is 773. The zero-order valence-corrected chi connectivity index (χ0v) is 11.7. The van der Waals surface area contributed by atoms with Crippen molar-refractivity contribution in [2.24, 2.45) is 0 Å². The molecule has 3 aromatic rings. The van der Waals surface area contributed by atoms with Crippen LogP contribution in [0.25, 0.3) is 17.2 Å². The molecule has 2 aromatic heterocycles. The van der Waals surface area contributed by atoms with Gasteiger partial charge in [0.15, 0.2) is 0 Å². The Kier molecular flexibility index (Phi) is 3.85. The Morgan fingerprint density at radius 1 is 1.10 bits per heavy atom. The monoisotopic (exact) mass is 299 g/mol. The molecule has 1 aromatic carbocycles. The highest BCUT2D eigenvalue weighted by Gasteiger charge is 2.09. The highest BCUT2D eigenvalue weighted by atomic mass is 32.2. The zero-order valence-electron chi connectivity index (χ0n) is 10.9. The quantitative estimate of drug-likeness (QED) is 0.685. The lowest BCUT2D eigenvalue weighted by atomic mass is 10.2. The first kappa shape index (κ1) is 13.6. The summed E-state index contributed by atoms with van der Waals surface area (Å²) in [7, 11) is 0. The van der Waals surface area contributed by atoms with Crippen LogP contribution < -0.4 is 0 Å². The van der Waals surface area contributed by atoms with Crippen molar-refractivity contribution in [3.63, 3.8) is 0 Å². The van der Waals surface area contributed by atoms with Crippen LogP contribution in [0.1, 0.15) is 5.82 Å². The van der Waals surface area contributed by atoms with Crippen LogP contribution in [0.15, 0.2) is 55.0 Å². The van der Waals surface area contributed by atoms with Crippen LogP contribution in [-0.2, 0) is 16.8 Å². The summed E-state index contributed by atoms with van der Waals surface area (Å²) in [5.41, 5.74) is 0.954. The Morgan fingerprint density at radius 3 is 2.67 bits per heavy atom.